The van der Waals surface area contributed by atoms with E-state index in [1.54, 1.807) is 0 Å². The van der Waals surface area contributed by atoms with Crippen LogP contribution in [0, 0.1) is 0 Å². The molecule has 0 saturated heterocycles. The smallest absolute Gasteiger partial charge is 0.137 e. The Balaban J connectivity index is 1.11. The molecule has 0 aliphatic rings. The van der Waals surface area contributed by atoms with Crippen molar-refractivity contribution in [2.45, 2.75) is 0 Å². The maximum atomic E-state index is 6.41. The summed E-state index contributed by atoms with van der Waals surface area (Å²) in [7, 11) is 0. The van der Waals surface area contributed by atoms with Crippen molar-refractivity contribution in [3.8, 4) is 33.4 Å². The third-order valence-electron chi connectivity index (χ3n) is 8.68. The van der Waals surface area contributed by atoms with Crippen LogP contribution in [0.4, 0.5) is 11.4 Å². The molecule has 7 aromatic carbocycles. The Morgan fingerprint density at radius 3 is 1.96 bits per heavy atom. The topological polar surface area (TPSA) is 25.2 Å². The quantitative estimate of drug-likeness (QED) is 0.215. The molecule has 0 saturated carbocycles. The highest BCUT2D eigenvalue weighted by atomic mass is 32.1. The fraction of sp³-hybridized carbons (Fsp3) is 0. The molecule has 45 heavy (non-hydrogen) atoms. The minimum Gasteiger partial charge on any atom is -0.456 e. The van der Waals surface area contributed by atoms with Gasteiger partial charge in [-0.25, -0.2) is 0 Å². The maximum Gasteiger partial charge on any atom is 0.137 e. The Bertz CT molecular complexity index is 2500. The lowest BCUT2D eigenvalue weighted by Gasteiger charge is -2.11. The van der Waals surface area contributed by atoms with Gasteiger partial charge in [-0.05, 0) is 75.8 Å². The SMILES string of the molecule is c1ccc(-c2ccc(-c3cccc4oc5cccc(Nc6cccc(-c7ccc8c(c7)sc7ccccc78)c6)c5c34)cc2)cc1. The summed E-state index contributed by atoms with van der Waals surface area (Å²) in [5.74, 6) is 0. The van der Waals surface area contributed by atoms with E-state index >= 15 is 0 Å². The first-order chi connectivity index (χ1) is 22.3. The van der Waals surface area contributed by atoms with E-state index in [2.05, 4.69) is 163 Å². The molecule has 9 aromatic rings. The molecule has 2 nitrogen and oxygen atoms in total. The van der Waals surface area contributed by atoms with Gasteiger partial charge in [-0.1, -0.05) is 115 Å². The van der Waals surface area contributed by atoms with E-state index in [9.17, 15) is 0 Å². The van der Waals surface area contributed by atoms with E-state index < -0.39 is 0 Å². The van der Waals surface area contributed by atoms with Crippen LogP contribution >= 0.6 is 11.3 Å². The zero-order valence-corrected chi connectivity index (χ0v) is 25.1. The van der Waals surface area contributed by atoms with Crippen molar-refractivity contribution in [1.82, 2.24) is 0 Å². The first-order valence-corrected chi connectivity index (χ1v) is 16.0. The van der Waals surface area contributed by atoms with Crippen molar-refractivity contribution in [3.05, 3.63) is 158 Å². The van der Waals surface area contributed by atoms with Crippen LogP contribution in [0.3, 0.4) is 0 Å². The minimum atomic E-state index is 0.870. The number of hydrogen-bond donors (Lipinski definition) is 1. The number of fused-ring (bicyclic) bond motifs is 6. The van der Waals surface area contributed by atoms with Gasteiger partial charge < -0.3 is 9.73 Å². The number of hydrogen-bond acceptors (Lipinski definition) is 3. The van der Waals surface area contributed by atoms with Crippen LogP contribution in [0.15, 0.2) is 162 Å². The second-order valence-corrected chi connectivity index (χ2v) is 12.5. The Labute approximate surface area is 264 Å². The summed E-state index contributed by atoms with van der Waals surface area (Å²) >= 11 is 1.85. The molecule has 0 fully saturated rings. The van der Waals surface area contributed by atoms with Gasteiger partial charge in [-0.3, -0.25) is 0 Å². The predicted octanol–water partition coefficient (Wildman–Crippen LogP) is 12.7. The molecule has 212 valence electrons. The summed E-state index contributed by atoms with van der Waals surface area (Å²) in [6.45, 7) is 0. The molecule has 9 rings (SSSR count). The number of nitrogens with one attached hydrogen (secondary N) is 1. The maximum absolute atomic E-state index is 6.41. The Morgan fingerprint density at radius 1 is 0.422 bits per heavy atom. The molecule has 0 spiro atoms. The third-order valence-corrected chi connectivity index (χ3v) is 9.81. The van der Waals surface area contributed by atoms with Crippen LogP contribution in [0.25, 0.3) is 75.5 Å². The van der Waals surface area contributed by atoms with Crippen LogP contribution in [0.5, 0.6) is 0 Å². The van der Waals surface area contributed by atoms with Crippen molar-refractivity contribution in [1.29, 1.82) is 0 Å². The molecule has 0 aliphatic heterocycles. The van der Waals surface area contributed by atoms with Crippen molar-refractivity contribution < 1.29 is 4.42 Å². The molecule has 0 bridgehead atoms. The number of benzene rings is 7. The summed E-state index contributed by atoms with van der Waals surface area (Å²) in [6.07, 6.45) is 0. The number of rotatable bonds is 5. The zero-order valence-electron chi connectivity index (χ0n) is 24.3. The second-order valence-electron chi connectivity index (χ2n) is 11.4. The lowest BCUT2D eigenvalue weighted by molar-refractivity contribution is 0.669. The minimum absolute atomic E-state index is 0.870. The van der Waals surface area contributed by atoms with Crippen LogP contribution < -0.4 is 5.32 Å². The lowest BCUT2D eigenvalue weighted by atomic mass is 9.96. The van der Waals surface area contributed by atoms with Gasteiger partial charge in [-0.2, -0.15) is 0 Å². The van der Waals surface area contributed by atoms with E-state index in [1.807, 2.05) is 11.3 Å². The average molecular weight is 594 g/mol. The van der Waals surface area contributed by atoms with E-state index in [-0.39, 0.29) is 0 Å². The molecule has 0 unspecified atom stereocenters. The van der Waals surface area contributed by atoms with E-state index in [0.29, 0.717) is 0 Å². The molecule has 0 aliphatic carbocycles. The highest BCUT2D eigenvalue weighted by molar-refractivity contribution is 7.25. The molecule has 0 radical (unpaired) electrons. The van der Waals surface area contributed by atoms with Gasteiger partial charge in [0.25, 0.3) is 0 Å². The van der Waals surface area contributed by atoms with E-state index in [1.165, 1.54) is 42.4 Å². The van der Waals surface area contributed by atoms with Crippen LogP contribution in [0.2, 0.25) is 0 Å². The Kier molecular flexibility index (Phi) is 6.03. The normalized spacial score (nSPS) is 11.6. The molecule has 0 atom stereocenters. The first kappa shape index (κ1) is 25.8. The summed E-state index contributed by atoms with van der Waals surface area (Å²) in [4.78, 5) is 0. The standard InChI is InChI=1S/C42H27NOS/c1-2-9-27(10-3-1)28-19-21-29(22-20-28)33-14-7-16-37-41(33)42-36(15-8-17-38(42)44-37)43-32-12-6-11-30(25-32)31-23-24-35-34-13-4-5-18-39(34)45-40(35)26-31/h1-26,43H. The molecule has 2 heterocycles. The van der Waals surface area contributed by atoms with Gasteiger partial charge in [0.15, 0.2) is 0 Å². The molecule has 1 N–H and O–H groups in total. The van der Waals surface area contributed by atoms with Gasteiger partial charge in [-0.15, -0.1) is 11.3 Å². The Hall–Kier alpha value is -5.64. The molecule has 0 amide bonds. The predicted molar refractivity (Wildman–Crippen MR) is 193 cm³/mol. The number of anilines is 2. The fourth-order valence-electron chi connectivity index (χ4n) is 6.52. The highest BCUT2D eigenvalue weighted by Crippen LogP contribution is 2.42. The highest BCUT2D eigenvalue weighted by Gasteiger charge is 2.16. The number of thiophene rings is 1. The van der Waals surface area contributed by atoms with Crippen LogP contribution in [-0.4, -0.2) is 0 Å². The van der Waals surface area contributed by atoms with Gasteiger partial charge in [0, 0.05) is 31.2 Å². The molecule has 3 heteroatoms. The zero-order chi connectivity index (χ0) is 29.7. The van der Waals surface area contributed by atoms with Gasteiger partial charge >= 0.3 is 0 Å². The van der Waals surface area contributed by atoms with Crippen molar-refractivity contribution >= 4 is 64.8 Å². The first-order valence-electron chi connectivity index (χ1n) is 15.2. The average Bonchev–Trinajstić information content (AvgIpc) is 3.67. The second kappa shape index (κ2) is 10.5. The monoisotopic (exact) mass is 593 g/mol. The van der Waals surface area contributed by atoms with E-state index in [0.717, 1.165) is 44.4 Å². The summed E-state index contributed by atoms with van der Waals surface area (Å²) in [5.41, 5.74) is 11.0. The molecular formula is C42H27NOS. The van der Waals surface area contributed by atoms with Gasteiger partial charge in [0.1, 0.15) is 11.2 Å². The van der Waals surface area contributed by atoms with Crippen LogP contribution in [0.1, 0.15) is 0 Å². The van der Waals surface area contributed by atoms with E-state index in [4.69, 9.17) is 4.42 Å². The Morgan fingerprint density at radius 2 is 1.07 bits per heavy atom. The number of furan rings is 1. The van der Waals surface area contributed by atoms with Gasteiger partial charge in [0.05, 0.1) is 11.1 Å². The van der Waals surface area contributed by atoms with Gasteiger partial charge in [0.2, 0.25) is 0 Å². The summed E-state index contributed by atoms with van der Waals surface area (Å²) < 4.78 is 9.04. The van der Waals surface area contributed by atoms with Crippen molar-refractivity contribution in [3.63, 3.8) is 0 Å². The fourth-order valence-corrected chi connectivity index (χ4v) is 7.67. The summed E-state index contributed by atoms with van der Waals surface area (Å²) in [5, 5.41) is 8.60. The third kappa shape index (κ3) is 4.48. The molecular weight excluding hydrogens is 567 g/mol. The van der Waals surface area contributed by atoms with Crippen molar-refractivity contribution in [2.75, 3.05) is 5.32 Å². The lowest BCUT2D eigenvalue weighted by Crippen LogP contribution is -1.92. The summed E-state index contributed by atoms with van der Waals surface area (Å²) in [6, 6.07) is 56.0. The largest absolute Gasteiger partial charge is 0.456 e. The van der Waals surface area contributed by atoms with Crippen LogP contribution in [-0.2, 0) is 0 Å². The van der Waals surface area contributed by atoms with Crippen molar-refractivity contribution in [2.24, 2.45) is 0 Å². The molecule has 2 aromatic heterocycles.